The number of benzene rings is 2. The van der Waals surface area contributed by atoms with Gasteiger partial charge in [0, 0.05) is 5.69 Å². The summed E-state index contributed by atoms with van der Waals surface area (Å²) >= 11 is 0. The molecule has 1 atom stereocenters. The molecule has 0 aromatic heterocycles. The zero-order valence-corrected chi connectivity index (χ0v) is 9.92. The van der Waals surface area contributed by atoms with E-state index in [1.54, 1.807) is 18.2 Å². The lowest BCUT2D eigenvalue weighted by atomic mass is 10.1. The number of aromatic hydroxyl groups is 2. The molecule has 19 heavy (non-hydrogen) atoms. The molecule has 0 aliphatic carbocycles. The Morgan fingerprint density at radius 1 is 0.947 bits per heavy atom. The Kier molecular flexibility index (Phi) is 2.52. The molecule has 1 amide bonds. The van der Waals surface area contributed by atoms with E-state index in [-0.39, 0.29) is 17.4 Å². The summed E-state index contributed by atoms with van der Waals surface area (Å²) in [5, 5.41) is 24.8. The van der Waals surface area contributed by atoms with E-state index in [2.05, 4.69) is 10.6 Å². The van der Waals surface area contributed by atoms with Gasteiger partial charge in [-0.15, -0.1) is 0 Å². The van der Waals surface area contributed by atoms with Crippen LogP contribution in [0.15, 0.2) is 42.5 Å². The molecule has 1 aliphatic rings. The standard InChI is InChI=1S/C14H12N2O3/c17-11-6-5-8(7-12(11)18)13-15-10-4-2-1-3-9(10)14(19)16-13/h1-7,13,15,17-18H,(H,16,19). The van der Waals surface area contributed by atoms with Gasteiger partial charge in [0.2, 0.25) is 0 Å². The number of nitrogens with one attached hydrogen (secondary N) is 2. The predicted octanol–water partition coefficient (Wildman–Crippen LogP) is 1.95. The molecule has 2 aromatic rings. The monoisotopic (exact) mass is 256 g/mol. The van der Waals surface area contributed by atoms with Crippen LogP contribution in [0, 0.1) is 0 Å². The van der Waals surface area contributed by atoms with Crippen molar-refractivity contribution in [1.29, 1.82) is 0 Å². The summed E-state index contributed by atoms with van der Waals surface area (Å²) in [4.78, 5) is 12.0. The first-order valence-electron chi connectivity index (χ1n) is 5.83. The van der Waals surface area contributed by atoms with Crippen molar-refractivity contribution in [2.24, 2.45) is 0 Å². The SMILES string of the molecule is O=C1NC(c2ccc(O)c(O)c2)Nc2ccccc21. The van der Waals surface area contributed by atoms with Crippen molar-refractivity contribution < 1.29 is 15.0 Å². The van der Waals surface area contributed by atoms with Gasteiger partial charge in [0.15, 0.2) is 11.5 Å². The Bertz CT molecular complexity index is 655. The zero-order valence-electron chi connectivity index (χ0n) is 9.92. The third-order valence-corrected chi connectivity index (χ3v) is 3.08. The van der Waals surface area contributed by atoms with E-state index in [1.165, 1.54) is 12.1 Å². The Morgan fingerprint density at radius 2 is 1.74 bits per heavy atom. The molecular weight excluding hydrogens is 244 g/mol. The Morgan fingerprint density at radius 3 is 2.53 bits per heavy atom. The highest BCUT2D eigenvalue weighted by atomic mass is 16.3. The third-order valence-electron chi connectivity index (χ3n) is 3.08. The Hall–Kier alpha value is -2.69. The minimum Gasteiger partial charge on any atom is -0.504 e. The number of hydrogen-bond donors (Lipinski definition) is 4. The van der Waals surface area contributed by atoms with Crippen molar-refractivity contribution in [1.82, 2.24) is 5.32 Å². The number of carbonyl (C=O) groups excluding carboxylic acids is 1. The van der Waals surface area contributed by atoms with Crippen LogP contribution in [0.25, 0.3) is 0 Å². The van der Waals surface area contributed by atoms with Crippen molar-refractivity contribution in [2.75, 3.05) is 5.32 Å². The van der Waals surface area contributed by atoms with E-state index in [0.29, 0.717) is 11.1 Å². The molecule has 1 heterocycles. The number of anilines is 1. The van der Waals surface area contributed by atoms with Crippen LogP contribution in [0.4, 0.5) is 5.69 Å². The van der Waals surface area contributed by atoms with Gasteiger partial charge in [0.05, 0.1) is 5.56 Å². The maximum atomic E-state index is 12.0. The molecular formula is C14H12N2O3. The number of phenols is 2. The van der Waals surface area contributed by atoms with E-state index in [1.807, 2.05) is 12.1 Å². The Labute approximate surface area is 109 Å². The topological polar surface area (TPSA) is 81.6 Å². The van der Waals surface area contributed by atoms with Crippen LogP contribution in [-0.4, -0.2) is 16.1 Å². The molecule has 1 unspecified atom stereocenters. The highest BCUT2D eigenvalue weighted by Crippen LogP contribution is 2.31. The molecule has 5 heteroatoms. The average molecular weight is 256 g/mol. The third kappa shape index (κ3) is 1.95. The molecule has 3 rings (SSSR count). The maximum Gasteiger partial charge on any atom is 0.255 e. The number of amides is 1. The first-order valence-corrected chi connectivity index (χ1v) is 5.83. The Balaban J connectivity index is 1.96. The number of carbonyl (C=O) groups is 1. The van der Waals surface area contributed by atoms with Gasteiger partial charge in [-0.1, -0.05) is 18.2 Å². The van der Waals surface area contributed by atoms with Crippen molar-refractivity contribution in [3.63, 3.8) is 0 Å². The minimum atomic E-state index is -0.436. The van der Waals surface area contributed by atoms with Gasteiger partial charge >= 0.3 is 0 Å². The molecule has 5 nitrogen and oxygen atoms in total. The fourth-order valence-corrected chi connectivity index (χ4v) is 2.09. The van der Waals surface area contributed by atoms with Crippen LogP contribution in [0.2, 0.25) is 0 Å². The lowest BCUT2D eigenvalue weighted by Crippen LogP contribution is -2.38. The van der Waals surface area contributed by atoms with Crippen LogP contribution in [-0.2, 0) is 0 Å². The van der Waals surface area contributed by atoms with Crippen LogP contribution in [0.3, 0.4) is 0 Å². The second-order valence-electron chi connectivity index (χ2n) is 4.34. The summed E-state index contributed by atoms with van der Waals surface area (Å²) in [6.07, 6.45) is -0.436. The van der Waals surface area contributed by atoms with E-state index in [0.717, 1.165) is 5.69 Å². The second kappa shape index (κ2) is 4.20. The highest BCUT2D eigenvalue weighted by molar-refractivity contribution is 6.01. The molecule has 0 spiro atoms. The maximum absolute atomic E-state index is 12.0. The van der Waals surface area contributed by atoms with Crippen LogP contribution in [0.5, 0.6) is 11.5 Å². The molecule has 1 aliphatic heterocycles. The van der Waals surface area contributed by atoms with Crippen LogP contribution >= 0.6 is 0 Å². The second-order valence-corrected chi connectivity index (χ2v) is 4.34. The van der Waals surface area contributed by atoms with Gasteiger partial charge in [-0.05, 0) is 29.8 Å². The largest absolute Gasteiger partial charge is 0.504 e. The van der Waals surface area contributed by atoms with Crippen molar-refractivity contribution >= 4 is 11.6 Å². The van der Waals surface area contributed by atoms with Crippen LogP contribution in [0.1, 0.15) is 22.1 Å². The summed E-state index contributed by atoms with van der Waals surface area (Å²) in [7, 11) is 0. The molecule has 2 aromatic carbocycles. The van der Waals surface area contributed by atoms with E-state index < -0.39 is 6.17 Å². The van der Waals surface area contributed by atoms with Gasteiger partial charge in [-0.3, -0.25) is 4.79 Å². The molecule has 0 radical (unpaired) electrons. The lowest BCUT2D eigenvalue weighted by Gasteiger charge is -2.28. The number of fused-ring (bicyclic) bond motifs is 1. The van der Waals surface area contributed by atoms with E-state index in [9.17, 15) is 15.0 Å². The highest BCUT2D eigenvalue weighted by Gasteiger charge is 2.24. The normalized spacial score (nSPS) is 17.3. The van der Waals surface area contributed by atoms with Gasteiger partial charge < -0.3 is 20.8 Å². The number of hydrogen-bond acceptors (Lipinski definition) is 4. The molecule has 0 saturated heterocycles. The fraction of sp³-hybridized carbons (Fsp3) is 0.0714. The zero-order chi connectivity index (χ0) is 13.4. The number of phenolic OH excluding ortho intramolecular Hbond substituents is 2. The minimum absolute atomic E-state index is 0.174. The number of rotatable bonds is 1. The first-order chi connectivity index (χ1) is 9.15. The number of para-hydroxylation sites is 1. The van der Waals surface area contributed by atoms with Crippen molar-refractivity contribution in [3.05, 3.63) is 53.6 Å². The molecule has 0 fully saturated rings. The quantitative estimate of drug-likeness (QED) is 0.588. The van der Waals surface area contributed by atoms with Gasteiger partial charge in [0.25, 0.3) is 5.91 Å². The lowest BCUT2D eigenvalue weighted by molar-refractivity contribution is 0.0935. The predicted molar refractivity (Wildman–Crippen MR) is 70.0 cm³/mol. The van der Waals surface area contributed by atoms with E-state index in [4.69, 9.17) is 0 Å². The average Bonchev–Trinajstić information content (AvgIpc) is 2.42. The molecule has 0 saturated carbocycles. The van der Waals surface area contributed by atoms with Gasteiger partial charge in [-0.25, -0.2) is 0 Å². The summed E-state index contributed by atoms with van der Waals surface area (Å²) in [6.45, 7) is 0. The first kappa shape index (κ1) is 11.4. The fourth-order valence-electron chi connectivity index (χ4n) is 2.09. The molecule has 0 bridgehead atoms. The van der Waals surface area contributed by atoms with Gasteiger partial charge in [-0.2, -0.15) is 0 Å². The summed E-state index contributed by atoms with van der Waals surface area (Å²) in [5.41, 5.74) is 1.99. The van der Waals surface area contributed by atoms with Crippen LogP contribution < -0.4 is 10.6 Å². The molecule has 96 valence electrons. The van der Waals surface area contributed by atoms with Crippen molar-refractivity contribution in [2.45, 2.75) is 6.17 Å². The summed E-state index contributed by atoms with van der Waals surface area (Å²) in [5.74, 6) is -0.578. The summed E-state index contributed by atoms with van der Waals surface area (Å²) in [6, 6.07) is 11.6. The van der Waals surface area contributed by atoms with E-state index >= 15 is 0 Å². The smallest absolute Gasteiger partial charge is 0.255 e. The van der Waals surface area contributed by atoms with Crippen molar-refractivity contribution in [3.8, 4) is 11.5 Å². The van der Waals surface area contributed by atoms with Gasteiger partial charge in [0.1, 0.15) is 6.17 Å². The summed E-state index contributed by atoms with van der Waals surface area (Å²) < 4.78 is 0. The molecule has 4 N–H and O–H groups in total.